The van der Waals surface area contributed by atoms with Gasteiger partial charge < -0.3 is 15.5 Å². The van der Waals surface area contributed by atoms with E-state index in [0.717, 1.165) is 30.4 Å². The minimum absolute atomic E-state index is 0.100. The van der Waals surface area contributed by atoms with Crippen LogP contribution in [0.5, 0.6) is 0 Å². The molecule has 7 heteroatoms. The fourth-order valence-electron chi connectivity index (χ4n) is 1.85. The van der Waals surface area contributed by atoms with E-state index < -0.39 is 0 Å². The molecule has 3 N–H and O–H groups in total. The molecule has 0 saturated heterocycles. The molecule has 1 aromatic heterocycles. The van der Waals surface area contributed by atoms with Crippen LogP contribution >= 0.6 is 11.8 Å². The van der Waals surface area contributed by atoms with Crippen LogP contribution in [0.4, 0.5) is 0 Å². The van der Waals surface area contributed by atoms with Gasteiger partial charge in [-0.05, 0) is 19.8 Å². The van der Waals surface area contributed by atoms with Crippen LogP contribution in [0.3, 0.4) is 0 Å². The van der Waals surface area contributed by atoms with Crippen LogP contribution < -0.4 is 5.73 Å². The van der Waals surface area contributed by atoms with E-state index in [1.807, 2.05) is 6.92 Å². The second kappa shape index (κ2) is 5.39. The van der Waals surface area contributed by atoms with Crippen molar-refractivity contribution in [2.24, 2.45) is 10.9 Å². The first kappa shape index (κ1) is 12.2. The molecule has 2 rings (SSSR count). The predicted octanol–water partition coefficient (Wildman–Crippen LogP) is 1.23. The zero-order chi connectivity index (χ0) is 12.3. The highest BCUT2D eigenvalue weighted by Crippen LogP contribution is 2.25. The van der Waals surface area contributed by atoms with Crippen LogP contribution in [0.15, 0.2) is 10.3 Å². The van der Waals surface area contributed by atoms with Gasteiger partial charge in [-0.3, -0.25) is 0 Å². The van der Waals surface area contributed by atoms with E-state index in [1.54, 1.807) is 0 Å². The standard InChI is InChI=1S/C10H17N5OS/c1-7(9(11)14-16)17-10-13-12-8-5-3-2-4-6-15(8)10/h7,16H,2-6H2,1H3,(H2,11,14). The molecule has 1 aliphatic heterocycles. The third kappa shape index (κ3) is 2.71. The third-order valence-corrected chi connectivity index (χ3v) is 4.00. The summed E-state index contributed by atoms with van der Waals surface area (Å²) in [6.07, 6.45) is 4.57. The second-order valence-corrected chi connectivity index (χ2v) is 5.45. The van der Waals surface area contributed by atoms with Crippen LogP contribution in [0.1, 0.15) is 32.0 Å². The molecule has 0 saturated carbocycles. The lowest BCUT2D eigenvalue weighted by atomic mass is 10.2. The Morgan fingerprint density at radius 1 is 1.47 bits per heavy atom. The number of amidine groups is 1. The van der Waals surface area contributed by atoms with Gasteiger partial charge in [0.1, 0.15) is 5.82 Å². The molecule has 2 heterocycles. The Hall–Kier alpha value is -1.24. The van der Waals surface area contributed by atoms with E-state index in [0.29, 0.717) is 0 Å². The predicted molar refractivity (Wildman–Crippen MR) is 66.3 cm³/mol. The van der Waals surface area contributed by atoms with E-state index in [1.165, 1.54) is 24.6 Å². The van der Waals surface area contributed by atoms with Gasteiger partial charge in [0, 0.05) is 13.0 Å². The van der Waals surface area contributed by atoms with Gasteiger partial charge >= 0.3 is 0 Å². The molecule has 17 heavy (non-hydrogen) atoms. The fraction of sp³-hybridized carbons (Fsp3) is 0.700. The molecule has 1 unspecified atom stereocenters. The molecule has 0 aromatic carbocycles. The highest BCUT2D eigenvalue weighted by Gasteiger charge is 2.18. The molecule has 0 amide bonds. The SMILES string of the molecule is CC(Sc1nnc2n1CCCCC2)C(N)=NO. The van der Waals surface area contributed by atoms with Crippen molar-refractivity contribution in [3.05, 3.63) is 5.82 Å². The number of fused-ring (bicyclic) bond motifs is 1. The fourth-order valence-corrected chi connectivity index (χ4v) is 2.74. The smallest absolute Gasteiger partial charge is 0.191 e. The van der Waals surface area contributed by atoms with E-state index >= 15 is 0 Å². The molecule has 1 aromatic rings. The molecule has 1 atom stereocenters. The second-order valence-electron chi connectivity index (χ2n) is 4.15. The van der Waals surface area contributed by atoms with Crippen molar-refractivity contribution < 1.29 is 5.21 Å². The summed E-state index contributed by atoms with van der Waals surface area (Å²) < 4.78 is 2.15. The molecule has 94 valence electrons. The Morgan fingerprint density at radius 2 is 2.29 bits per heavy atom. The average Bonchev–Trinajstić information content (AvgIpc) is 2.58. The summed E-state index contributed by atoms with van der Waals surface area (Å²) in [4.78, 5) is 0. The average molecular weight is 255 g/mol. The van der Waals surface area contributed by atoms with Gasteiger partial charge in [-0.15, -0.1) is 10.2 Å². The van der Waals surface area contributed by atoms with Crippen molar-refractivity contribution in [2.45, 2.75) is 49.6 Å². The molecular formula is C10H17N5OS. The van der Waals surface area contributed by atoms with Crippen molar-refractivity contribution in [1.82, 2.24) is 14.8 Å². The van der Waals surface area contributed by atoms with Gasteiger partial charge in [0.15, 0.2) is 11.0 Å². The lowest BCUT2D eigenvalue weighted by molar-refractivity contribution is 0.317. The summed E-state index contributed by atoms with van der Waals surface area (Å²) in [5.41, 5.74) is 5.56. The minimum atomic E-state index is -0.100. The molecule has 0 radical (unpaired) electrons. The van der Waals surface area contributed by atoms with Crippen LogP contribution in [0, 0.1) is 0 Å². The zero-order valence-electron chi connectivity index (χ0n) is 9.83. The first-order valence-electron chi connectivity index (χ1n) is 5.78. The van der Waals surface area contributed by atoms with Gasteiger partial charge in [-0.25, -0.2) is 0 Å². The number of aryl methyl sites for hydroxylation is 1. The largest absolute Gasteiger partial charge is 0.409 e. The highest BCUT2D eigenvalue weighted by atomic mass is 32.2. The summed E-state index contributed by atoms with van der Waals surface area (Å²) in [7, 11) is 0. The van der Waals surface area contributed by atoms with Gasteiger partial charge in [-0.2, -0.15) is 0 Å². The number of oxime groups is 1. The number of rotatable bonds is 3. The summed E-state index contributed by atoms with van der Waals surface area (Å²) in [5, 5.41) is 20.8. The van der Waals surface area contributed by atoms with E-state index in [-0.39, 0.29) is 11.1 Å². The minimum Gasteiger partial charge on any atom is -0.409 e. The molecule has 0 bridgehead atoms. The molecule has 6 nitrogen and oxygen atoms in total. The maximum absolute atomic E-state index is 8.62. The van der Waals surface area contributed by atoms with E-state index in [2.05, 4.69) is 19.9 Å². The van der Waals surface area contributed by atoms with Crippen LogP contribution in [0.25, 0.3) is 0 Å². The Morgan fingerprint density at radius 3 is 3.06 bits per heavy atom. The Balaban J connectivity index is 2.14. The molecular weight excluding hydrogens is 238 g/mol. The number of nitrogens with zero attached hydrogens (tertiary/aromatic N) is 4. The van der Waals surface area contributed by atoms with Gasteiger partial charge in [0.25, 0.3) is 0 Å². The lowest BCUT2D eigenvalue weighted by Crippen LogP contribution is -2.23. The van der Waals surface area contributed by atoms with E-state index in [4.69, 9.17) is 10.9 Å². The summed E-state index contributed by atoms with van der Waals surface area (Å²) in [6.45, 7) is 2.85. The topological polar surface area (TPSA) is 89.3 Å². The van der Waals surface area contributed by atoms with Gasteiger partial charge in [0.2, 0.25) is 0 Å². The number of nitrogens with two attached hydrogens (primary N) is 1. The van der Waals surface area contributed by atoms with Crippen molar-refractivity contribution in [3.63, 3.8) is 0 Å². The number of thioether (sulfide) groups is 1. The Kier molecular flexibility index (Phi) is 3.88. The van der Waals surface area contributed by atoms with Crippen LogP contribution in [-0.4, -0.2) is 31.1 Å². The van der Waals surface area contributed by atoms with Crippen LogP contribution in [-0.2, 0) is 13.0 Å². The quantitative estimate of drug-likeness (QED) is 0.279. The first-order chi connectivity index (χ1) is 8.22. The normalized spacial score (nSPS) is 18.5. The van der Waals surface area contributed by atoms with Gasteiger partial charge in [0.05, 0.1) is 5.25 Å². The third-order valence-electron chi connectivity index (χ3n) is 2.89. The first-order valence-corrected chi connectivity index (χ1v) is 6.66. The molecule has 0 spiro atoms. The lowest BCUT2D eigenvalue weighted by Gasteiger charge is -2.10. The highest BCUT2D eigenvalue weighted by molar-refractivity contribution is 8.00. The van der Waals surface area contributed by atoms with Crippen molar-refractivity contribution >= 4 is 17.6 Å². The maximum Gasteiger partial charge on any atom is 0.191 e. The van der Waals surface area contributed by atoms with Crippen molar-refractivity contribution in [3.8, 4) is 0 Å². The molecule has 1 aliphatic rings. The summed E-state index contributed by atoms with van der Waals surface area (Å²) >= 11 is 1.48. The molecule has 0 aliphatic carbocycles. The zero-order valence-corrected chi connectivity index (χ0v) is 10.7. The molecule has 0 fully saturated rings. The Labute approximate surface area is 104 Å². The maximum atomic E-state index is 8.62. The number of hydrogen-bond acceptors (Lipinski definition) is 5. The Bertz CT molecular complexity index is 417. The summed E-state index contributed by atoms with van der Waals surface area (Å²) in [5.74, 6) is 1.26. The van der Waals surface area contributed by atoms with Crippen LogP contribution in [0.2, 0.25) is 0 Å². The number of hydrogen-bond donors (Lipinski definition) is 2. The van der Waals surface area contributed by atoms with Gasteiger partial charge in [-0.1, -0.05) is 23.3 Å². The van der Waals surface area contributed by atoms with Crippen molar-refractivity contribution in [2.75, 3.05) is 0 Å². The van der Waals surface area contributed by atoms with Crippen molar-refractivity contribution in [1.29, 1.82) is 0 Å². The van der Waals surface area contributed by atoms with E-state index in [9.17, 15) is 0 Å². The monoisotopic (exact) mass is 255 g/mol. The number of aromatic nitrogens is 3. The summed E-state index contributed by atoms with van der Waals surface area (Å²) in [6, 6.07) is 0.